The molecule has 0 aromatic heterocycles. The number of esters is 1. The number of hydrogen-bond donors (Lipinski definition) is 1. The Kier molecular flexibility index (Phi) is 4.51. The number of nitrogens with zero attached hydrogens (tertiary/aromatic N) is 1. The predicted octanol–water partition coefficient (Wildman–Crippen LogP) is 1.65. The number of nitrogens with one attached hydrogen (secondary N) is 1. The number of ether oxygens (including phenoxy) is 1. The topological polar surface area (TPSA) is 41.6 Å². The van der Waals surface area contributed by atoms with E-state index in [2.05, 4.69) is 24.2 Å². The highest BCUT2D eigenvalue weighted by Crippen LogP contribution is 2.42. The first-order chi connectivity index (χ1) is 9.05. The van der Waals surface area contributed by atoms with E-state index in [4.69, 9.17) is 4.74 Å². The van der Waals surface area contributed by atoms with Crippen LogP contribution >= 0.6 is 0 Å². The van der Waals surface area contributed by atoms with Crippen molar-refractivity contribution in [3.63, 3.8) is 0 Å². The van der Waals surface area contributed by atoms with E-state index in [0.29, 0.717) is 18.6 Å². The zero-order valence-electron chi connectivity index (χ0n) is 12.7. The maximum Gasteiger partial charge on any atom is 0.327 e. The van der Waals surface area contributed by atoms with Crippen LogP contribution in [-0.4, -0.2) is 49.7 Å². The van der Waals surface area contributed by atoms with Crippen LogP contribution in [0.2, 0.25) is 0 Å². The van der Waals surface area contributed by atoms with Crippen molar-refractivity contribution >= 4 is 5.97 Å². The van der Waals surface area contributed by atoms with Crippen LogP contribution in [-0.2, 0) is 9.53 Å². The molecule has 1 N–H and O–H groups in total. The number of rotatable bonds is 8. The van der Waals surface area contributed by atoms with Crippen molar-refractivity contribution in [2.45, 2.75) is 51.1 Å². The minimum absolute atomic E-state index is 0.0742. The van der Waals surface area contributed by atoms with Crippen LogP contribution in [0.15, 0.2) is 0 Å². The molecule has 0 bridgehead atoms. The summed E-state index contributed by atoms with van der Waals surface area (Å²) in [5, 5.41) is 3.29. The second-order valence-corrected chi connectivity index (χ2v) is 6.21. The summed E-state index contributed by atoms with van der Waals surface area (Å²) in [4.78, 5) is 14.7. The zero-order chi connectivity index (χ0) is 14.0. The van der Waals surface area contributed by atoms with Gasteiger partial charge in [0.15, 0.2) is 0 Å². The number of carbonyl (C=O) groups excluding carboxylic acids is 1. The van der Waals surface area contributed by atoms with Crippen LogP contribution < -0.4 is 5.32 Å². The van der Waals surface area contributed by atoms with Gasteiger partial charge in [0.2, 0.25) is 0 Å². The maximum atomic E-state index is 12.4. The standard InChI is InChI=1S/C15H28N2O2/c1-5-19-14(18)15(16-3,13-8-9-13)10-17(4)11(2)12-6-7-12/h11-13,16H,5-10H2,1-4H3. The molecule has 2 atom stereocenters. The van der Waals surface area contributed by atoms with E-state index < -0.39 is 5.54 Å². The Morgan fingerprint density at radius 3 is 2.47 bits per heavy atom. The van der Waals surface area contributed by atoms with Crippen molar-refractivity contribution < 1.29 is 9.53 Å². The molecule has 2 aliphatic carbocycles. The third-order valence-corrected chi connectivity index (χ3v) is 4.86. The largest absolute Gasteiger partial charge is 0.465 e. The van der Waals surface area contributed by atoms with Gasteiger partial charge in [0, 0.05) is 12.6 Å². The van der Waals surface area contributed by atoms with E-state index in [1.807, 2.05) is 14.0 Å². The fourth-order valence-corrected chi connectivity index (χ4v) is 3.06. The molecule has 0 radical (unpaired) electrons. The summed E-state index contributed by atoms with van der Waals surface area (Å²) in [5.41, 5.74) is -0.506. The van der Waals surface area contributed by atoms with Crippen molar-refractivity contribution in [2.75, 3.05) is 27.2 Å². The van der Waals surface area contributed by atoms with E-state index >= 15 is 0 Å². The Hall–Kier alpha value is -0.610. The average Bonchev–Trinajstić information content (AvgIpc) is 3.27. The van der Waals surface area contributed by atoms with Crippen LogP contribution in [0.5, 0.6) is 0 Å². The minimum Gasteiger partial charge on any atom is -0.465 e. The summed E-state index contributed by atoms with van der Waals surface area (Å²) in [5.74, 6) is 1.18. The number of likely N-dealkylation sites (N-methyl/N-ethyl adjacent to an activating group) is 2. The van der Waals surface area contributed by atoms with E-state index in [1.54, 1.807) is 0 Å². The lowest BCUT2D eigenvalue weighted by Crippen LogP contribution is -2.60. The van der Waals surface area contributed by atoms with Gasteiger partial charge < -0.3 is 15.0 Å². The lowest BCUT2D eigenvalue weighted by Gasteiger charge is -2.37. The van der Waals surface area contributed by atoms with Gasteiger partial charge in [0.05, 0.1) is 6.61 Å². The summed E-state index contributed by atoms with van der Waals surface area (Å²) in [6.45, 7) is 5.36. The van der Waals surface area contributed by atoms with Crippen molar-refractivity contribution in [3.8, 4) is 0 Å². The molecule has 2 unspecified atom stereocenters. The van der Waals surface area contributed by atoms with Crippen LogP contribution in [0.1, 0.15) is 39.5 Å². The smallest absolute Gasteiger partial charge is 0.327 e. The second-order valence-electron chi connectivity index (χ2n) is 6.21. The summed E-state index contributed by atoms with van der Waals surface area (Å²) < 4.78 is 5.33. The Morgan fingerprint density at radius 1 is 1.42 bits per heavy atom. The highest BCUT2D eigenvalue weighted by molar-refractivity contribution is 5.82. The summed E-state index contributed by atoms with van der Waals surface area (Å²) in [7, 11) is 4.03. The second kappa shape index (κ2) is 5.80. The summed E-state index contributed by atoms with van der Waals surface area (Å²) >= 11 is 0. The lowest BCUT2D eigenvalue weighted by molar-refractivity contribution is -0.153. The Bertz CT molecular complexity index is 326. The molecule has 4 heteroatoms. The molecule has 0 aliphatic heterocycles. The molecular formula is C15H28N2O2. The van der Waals surface area contributed by atoms with Crippen LogP contribution in [0.3, 0.4) is 0 Å². The molecule has 19 heavy (non-hydrogen) atoms. The van der Waals surface area contributed by atoms with Crippen molar-refractivity contribution in [2.24, 2.45) is 11.8 Å². The van der Waals surface area contributed by atoms with Crippen molar-refractivity contribution in [1.82, 2.24) is 10.2 Å². The average molecular weight is 268 g/mol. The van der Waals surface area contributed by atoms with E-state index in [1.165, 1.54) is 12.8 Å². The van der Waals surface area contributed by atoms with Gasteiger partial charge in [-0.2, -0.15) is 0 Å². The normalized spacial score (nSPS) is 24.1. The molecular weight excluding hydrogens is 240 g/mol. The fraction of sp³-hybridized carbons (Fsp3) is 0.933. The first-order valence-corrected chi connectivity index (χ1v) is 7.61. The van der Waals surface area contributed by atoms with E-state index in [0.717, 1.165) is 25.3 Å². The molecule has 0 amide bonds. The quantitative estimate of drug-likeness (QED) is 0.680. The van der Waals surface area contributed by atoms with Crippen molar-refractivity contribution in [1.29, 1.82) is 0 Å². The van der Waals surface area contributed by atoms with Crippen LogP contribution in [0.4, 0.5) is 0 Å². The summed E-state index contributed by atoms with van der Waals surface area (Å²) in [6.07, 6.45) is 4.93. The highest BCUT2D eigenvalue weighted by Gasteiger charge is 2.52. The van der Waals surface area contributed by atoms with E-state index in [9.17, 15) is 4.79 Å². The Labute approximate surface area is 116 Å². The molecule has 2 fully saturated rings. The molecule has 4 nitrogen and oxygen atoms in total. The molecule has 0 heterocycles. The zero-order valence-corrected chi connectivity index (χ0v) is 12.7. The van der Waals surface area contributed by atoms with Gasteiger partial charge in [-0.15, -0.1) is 0 Å². The van der Waals surface area contributed by atoms with Crippen LogP contribution in [0.25, 0.3) is 0 Å². The van der Waals surface area contributed by atoms with Gasteiger partial charge in [-0.3, -0.25) is 0 Å². The van der Waals surface area contributed by atoms with Gasteiger partial charge in [-0.25, -0.2) is 4.79 Å². The number of hydrogen-bond acceptors (Lipinski definition) is 4. The predicted molar refractivity (Wildman–Crippen MR) is 76.0 cm³/mol. The SMILES string of the molecule is CCOC(=O)C(CN(C)C(C)C1CC1)(NC)C1CC1. The molecule has 0 saturated heterocycles. The lowest BCUT2D eigenvalue weighted by atomic mass is 9.91. The monoisotopic (exact) mass is 268 g/mol. The molecule has 0 aromatic rings. The fourth-order valence-electron chi connectivity index (χ4n) is 3.06. The van der Waals surface area contributed by atoms with Gasteiger partial charge >= 0.3 is 5.97 Å². The third-order valence-electron chi connectivity index (χ3n) is 4.86. The third kappa shape index (κ3) is 3.11. The van der Waals surface area contributed by atoms with Crippen LogP contribution in [0, 0.1) is 11.8 Å². The maximum absolute atomic E-state index is 12.4. The Balaban J connectivity index is 2.05. The number of carbonyl (C=O) groups is 1. The molecule has 2 aliphatic rings. The van der Waals surface area contributed by atoms with Gasteiger partial charge in [-0.1, -0.05) is 0 Å². The summed E-state index contributed by atoms with van der Waals surface area (Å²) in [6, 6.07) is 0.556. The minimum atomic E-state index is -0.506. The van der Waals surface area contributed by atoms with Gasteiger partial charge in [0.25, 0.3) is 0 Å². The Morgan fingerprint density at radius 2 is 2.05 bits per heavy atom. The molecule has 2 rings (SSSR count). The van der Waals surface area contributed by atoms with Crippen molar-refractivity contribution in [3.05, 3.63) is 0 Å². The molecule has 0 spiro atoms. The van der Waals surface area contributed by atoms with Gasteiger partial charge in [0.1, 0.15) is 5.54 Å². The first-order valence-electron chi connectivity index (χ1n) is 7.61. The van der Waals surface area contributed by atoms with Gasteiger partial charge in [-0.05, 0) is 65.5 Å². The first kappa shape index (κ1) is 14.8. The molecule has 2 saturated carbocycles. The highest BCUT2D eigenvalue weighted by atomic mass is 16.5. The molecule has 110 valence electrons. The van der Waals surface area contributed by atoms with E-state index in [-0.39, 0.29) is 5.97 Å². The molecule has 0 aromatic carbocycles.